The van der Waals surface area contributed by atoms with E-state index in [2.05, 4.69) is 24.3 Å². The molecule has 0 saturated carbocycles. The maximum Gasteiger partial charge on any atom is 0.269 e. The van der Waals surface area contributed by atoms with Gasteiger partial charge in [0, 0.05) is 30.8 Å². The molecule has 18 heavy (non-hydrogen) atoms. The first-order valence-electron chi connectivity index (χ1n) is 6.19. The average molecular weight is 249 g/mol. The molecule has 1 saturated heterocycles. The van der Waals surface area contributed by atoms with Crippen molar-refractivity contribution in [3.05, 3.63) is 39.9 Å². The van der Waals surface area contributed by atoms with Gasteiger partial charge in [-0.15, -0.1) is 0 Å². The van der Waals surface area contributed by atoms with E-state index >= 15 is 0 Å². The van der Waals surface area contributed by atoms with Crippen molar-refractivity contribution in [2.75, 3.05) is 20.6 Å². The number of nitrogens with one attached hydrogen (secondary N) is 1. The predicted molar refractivity (Wildman–Crippen MR) is 70.7 cm³/mol. The van der Waals surface area contributed by atoms with Crippen LogP contribution in [0.4, 0.5) is 5.69 Å². The first-order chi connectivity index (χ1) is 8.56. The van der Waals surface area contributed by atoms with Crippen molar-refractivity contribution in [2.45, 2.75) is 24.9 Å². The number of benzene rings is 1. The normalized spacial score (nSPS) is 23.5. The maximum absolute atomic E-state index is 10.6. The van der Waals surface area contributed by atoms with Crippen LogP contribution in [-0.4, -0.2) is 42.5 Å². The lowest BCUT2D eigenvalue weighted by atomic mass is 10.0. The summed E-state index contributed by atoms with van der Waals surface area (Å²) in [5.74, 6) is 0. The molecule has 1 N–H and O–H groups in total. The lowest BCUT2D eigenvalue weighted by Crippen LogP contribution is -2.29. The van der Waals surface area contributed by atoms with Gasteiger partial charge in [-0.1, -0.05) is 12.1 Å². The number of hydrogen-bond acceptors (Lipinski definition) is 4. The van der Waals surface area contributed by atoms with Crippen molar-refractivity contribution in [2.24, 2.45) is 0 Å². The third kappa shape index (κ3) is 3.05. The summed E-state index contributed by atoms with van der Waals surface area (Å²) < 4.78 is 0. The molecule has 0 radical (unpaired) electrons. The summed E-state index contributed by atoms with van der Waals surface area (Å²) in [6.07, 6.45) is 2.06. The van der Waals surface area contributed by atoms with Crippen LogP contribution in [0.2, 0.25) is 0 Å². The van der Waals surface area contributed by atoms with Crippen LogP contribution in [0.25, 0.3) is 0 Å². The highest BCUT2D eigenvalue weighted by Crippen LogP contribution is 2.17. The Balaban J connectivity index is 1.92. The molecule has 1 aromatic carbocycles. The molecule has 1 heterocycles. The molecule has 5 nitrogen and oxygen atoms in total. The van der Waals surface area contributed by atoms with Gasteiger partial charge < -0.3 is 10.2 Å². The van der Waals surface area contributed by atoms with E-state index in [1.54, 1.807) is 12.1 Å². The van der Waals surface area contributed by atoms with Gasteiger partial charge in [0.25, 0.3) is 5.69 Å². The van der Waals surface area contributed by atoms with Gasteiger partial charge in [-0.25, -0.2) is 0 Å². The van der Waals surface area contributed by atoms with Gasteiger partial charge in [-0.05, 0) is 32.5 Å². The summed E-state index contributed by atoms with van der Waals surface area (Å²) in [6, 6.07) is 7.92. The average Bonchev–Trinajstić information content (AvgIpc) is 2.78. The summed E-state index contributed by atoms with van der Waals surface area (Å²) in [5, 5.41) is 14.1. The highest BCUT2D eigenvalue weighted by atomic mass is 16.6. The second kappa shape index (κ2) is 5.46. The van der Waals surface area contributed by atoms with E-state index in [4.69, 9.17) is 0 Å². The fourth-order valence-corrected chi connectivity index (χ4v) is 2.38. The molecule has 2 unspecified atom stereocenters. The zero-order valence-electron chi connectivity index (χ0n) is 10.8. The van der Waals surface area contributed by atoms with Crippen molar-refractivity contribution in [3.8, 4) is 0 Å². The van der Waals surface area contributed by atoms with Gasteiger partial charge >= 0.3 is 0 Å². The Morgan fingerprint density at radius 2 is 2.06 bits per heavy atom. The van der Waals surface area contributed by atoms with Crippen LogP contribution in [0.1, 0.15) is 12.0 Å². The highest BCUT2D eigenvalue weighted by molar-refractivity contribution is 5.33. The monoisotopic (exact) mass is 249 g/mol. The minimum absolute atomic E-state index is 0.157. The van der Waals surface area contributed by atoms with Gasteiger partial charge in [0.2, 0.25) is 0 Å². The molecule has 1 aromatic rings. The largest absolute Gasteiger partial charge is 0.312 e. The Morgan fingerprint density at radius 3 is 2.56 bits per heavy atom. The minimum atomic E-state index is -0.361. The van der Waals surface area contributed by atoms with Crippen LogP contribution in [0.15, 0.2) is 24.3 Å². The smallest absolute Gasteiger partial charge is 0.269 e. The number of hydrogen-bond donors (Lipinski definition) is 1. The zero-order chi connectivity index (χ0) is 13.1. The zero-order valence-corrected chi connectivity index (χ0v) is 10.8. The molecule has 1 fully saturated rings. The Labute approximate surface area is 107 Å². The summed E-state index contributed by atoms with van der Waals surface area (Å²) in [7, 11) is 4.20. The van der Waals surface area contributed by atoms with Crippen LogP contribution in [0.3, 0.4) is 0 Å². The Kier molecular flexibility index (Phi) is 3.93. The molecule has 5 heteroatoms. The van der Waals surface area contributed by atoms with Crippen molar-refractivity contribution in [3.63, 3.8) is 0 Å². The number of nitro benzene ring substituents is 1. The Bertz CT molecular complexity index is 417. The van der Waals surface area contributed by atoms with Gasteiger partial charge in [-0.2, -0.15) is 0 Å². The van der Waals surface area contributed by atoms with Gasteiger partial charge in [-0.3, -0.25) is 10.1 Å². The van der Waals surface area contributed by atoms with Crippen LogP contribution < -0.4 is 5.32 Å². The number of rotatable bonds is 4. The van der Waals surface area contributed by atoms with Crippen LogP contribution in [-0.2, 0) is 6.42 Å². The lowest BCUT2D eigenvalue weighted by Gasteiger charge is -2.17. The topological polar surface area (TPSA) is 58.4 Å². The predicted octanol–water partition coefficient (Wildman–Crippen LogP) is 1.43. The molecule has 2 rings (SSSR count). The number of nitro groups is 1. The first-order valence-corrected chi connectivity index (χ1v) is 6.19. The molecular formula is C13H19N3O2. The van der Waals surface area contributed by atoms with Crippen LogP contribution in [0, 0.1) is 10.1 Å². The second-order valence-electron chi connectivity index (χ2n) is 5.09. The third-order valence-corrected chi connectivity index (χ3v) is 3.56. The fraction of sp³-hybridized carbons (Fsp3) is 0.538. The summed E-state index contributed by atoms with van der Waals surface area (Å²) in [5.41, 5.74) is 1.31. The van der Waals surface area contributed by atoms with Crippen molar-refractivity contribution < 1.29 is 4.92 Å². The van der Waals surface area contributed by atoms with E-state index in [-0.39, 0.29) is 10.6 Å². The molecule has 2 atom stereocenters. The molecule has 98 valence electrons. The Hall–Kier alpha value is -1.46. The van der Waals surface area contributed by atoms with Crippen molar-refractivity contribution >= 4 is 5.69 Å². The molecular weight excluding hydrogens is 230 g/mol. The molecule has 1 aliphatic rings. The Morgan fingerprint density at radius 1 is 1.39 bits per heavy atom. The molecule has 0 aliphatic carbocycles. The lowest BCUT2D eigenvalue weighted by molar-refractivity contribution is -0.384. The molecule has 0 aromatic heterocycles. The van der Waals surface area contributed by atoms with E-state index in [1.807, 2.05) is 12.1 Å². The standard InChI is InChI=1S/C13H19N3O2/c1-15(2)13-8-11(14-9-13)7-10-3-5-12(6-4-10)16(17)18/h3-6,11,13-14H,7-9H2,1-2H3. The number of non-ortho nitro benzene ring substituents is 1. The van der Waals surface area contributed by atoms with Crippen molar-refractivity contribution in [1.82, 2.24) is 10.2 Å². The summed E-state index contributed by atoms with van der Waals surface area (Å²) in [6.45, 7) is 1.02. The van der Waals surface area contributed by atoms with E-state index in [0.29, 0.717) is 12.1 Å². The molecule has 0 spiro atoms. The third-order valence-electron chi connectivity index (χ3n) is 3.56. The fourth-order valence-electron chi connectivity index (χ4n) is 2.38. The van der Waals surface area contributed by atoms with Crippen molar-refractivity contribution in [1.29, 1.82) is 0 Å². The van der Waals surface area contributed by atoms with Crippen LogP contribution >= 0.6 is 0 Å². The quantitative estimate of drug-likeness (QED) is 0.648. The van der Waals surface area contributed by atoms with E-state index in [9.17, 15) is 10.1 Å². The number of likely N-dealkylation sites (N-methyl/N-ethyl adjacent to an activating group) is 1. The van der Waals surface area contributed by atoms with E-state index in [0.717, 1.165) is 24.9 Å². The summed E-state index contributed by atoms with van der Waals surface area (Å²) >= 11 is 0. The molecule has 0 amide bonds. The maximum atomic E-state index is 10.6. The minimum Gasteiger partial charge on any atom is -0.312 e. The van der Waals surface area contributed by atoms with E-state index < -0.39 is 0 Å². The summed E-state index contributed by atoms with van der Waals surface area (Å²) in [4.78, 5) is 12.4. The first kappa shape index (κ1) is 13.0. The molecule has 0 bridgehead atoms. The van der Waals surface area contributed by atoms with Gasteiger partial charge in [0.05, 0.1) is 4.92 Å². The number of nitrogens with zero attached hydrogens (tertiary/aromatic N) is 2. The van der Waals surface area contributed by atoms with Gasteiger partial charge in [0.15, 0.2) is 0 Å². The van der Waals surface area contributed by atoms with Crippen LogP contribution in [0.5, 0.6) is 0 Å². The molecule has 1 aliphatic heterocycles. The second-order valence-corrected chi connectivity index (χ2v) is 5.09. The van der Waals surface area contributed by atoms with E-state index in [1.165, 1.54) is 0 Å². The SMILES string of the molecule is CN(C)C1CNC(Cc2ccc([N+](=O)[O-])cc2)C1. The highest BCUT2D eigenvalue weighted by Gasteiger charge is 2.25. The van der Waals surface area contributed by atoms with Gasteiger partial charge in [0.1, 0.15) is 0 Å².